The number of aliphatic imine (C=N–C) groups is 1. The molecule has 0 bridgehead atoms. The number of halogens is 3. The van der Waals surface area contributed by atoms with E-state index in [4.69, 9.17) is 5.73 Å². The molecule has 10 heteroatoms. The molecule has 0 spiro atoms. The van der Waals surface area contributed by atoms with Crippen molar-refractivity contribution in [2.45, 2.75) is 22.1 Å². The Balaban J connectivity index is 2.02. The van der Waals surface area contributed by atoms with E-state index in [1.165, 1.54) is 24.3 Å². The average molecular weight is 349 g/mol. The van der Waals surface area contributed by atoms with Crippen LogP contribution in [0.1, 0.15) is 6.42 Å². The minimum absolute atomic E-state index is 0.0409. The van der Waals surface area contributed by atoms with Crippen LogP contribution in [0.25, 0.3) is 0 Å². The Kier molecular flexibility index (Phi) is 5.01. The maximum Gasteiger partial charge on any atom is 0.446 e. The first-order valence-corrected chi connectivity index (χ1v) is 7.63. The predicted molar refractivity (Wildman–Crippen MR) is 79.6 cm³/mol. The lowest BCUT2D eigenvalue weighted by Gasteiger charge is -2.13. The van der Waals surface area contributed by atoms with Gasteiger partial charge in [0.25, 0.3) is 5.91 Å². The molecule has 0 radical (unpaired) electrons. The van der Waals surface area contributed by atoms with Crippen LogP contribution in [0.3, 0.4) is 0 Å². The van der Waals surface area contributed by atoms with Crippen LogP contribution in [0.5, 0.6) is 0 Å². The van der Waals surface area contributed by atoms with Gasteiger partial charge >= 0.3 is 5.51 Å². The zero-order chi connectivity index (χ0) is 16.3. The molecule has 0 aliphatic carbocycles. The molecular weight excluding hydrogens is 339 g/mol. The molecule has 22 heavy (non-hydrogen) atoms. The lowest BCUT2D eigenvalue weighted by molar-refractivity contribution is -0.121. The molecule has 2 rings (SSSR count). The van der Waals surface area contributed by atoms with Crippen LogP contribution in [0.15, 0.2) is 34.2 Å². The summed E-state index contributed by atoms with van der Waals surface area (Å²) in [4.78, 5) is 26.6. The minimum Gasteiger partial charge on any atom is -0.378 e. The highest BCUT2D eigenvalue weighted by Crippen LogP contribution is 2.40. The van der Waals surface area contributed by atoms with Gasteiger partial charge in [0.05, 0.1) is 5.69 Å². The largest absolute Gasteiger partial charge is 0.446 e. The third kappa shape index (κ3) is 4.67. The lowest BCUT2D eigenvalue weighted by Crippen LogP contribution is -2.22. The van der Waals surface area contributed by atoms with Crippen molar-refractivity contribution < 1.29 is 22.8 Å². The van der Waals surface area contributed by atoms with Gasteiger partial charge < -0.3 is 11.1 Å². The molecule has 0 unspecified atom stereocenters. The van der Waals surface area contributed by atoms with E-state index in [-0.39, 0.29) is 33.9 Å². The topological polar surface area (TPSA) is 84.5 Å². The van der Waals surface area contributed by atoms with E-state index in [2.05, 4.69) is 10.3 Å². The van der Waals surface area contributed by atoms with Gasteiger partial charge in [-0.15, -0.1) is 0 Å². The number of carbonyl (C=O) groups is 2. The SMILES string of the molecule is NC1=NC(=O)[C@H](CC(=O)Nc2ccccc2SC(F)(F)F)S1. The second kappa shape index (κ2) is 6.61. The van der Waals surface area contributed by atoms with Crippen molar-refractivity contribution in [2.24, 2.45) is 10.7 Å². The summed E-state index contributed by atoms with van der Waals surface area (Å²) in [5, 5.41) is 1.72. The molecule has 0 saturated carbocycles. The van der Waals surface area contributed by atoms with Gasteiger partial charge in [0.2, 0.25) is 5.91 Å². The van der Waals surface area contributed by atoms with Crippen LogP contribution >= 0.6 is 23.5 Å². The van der Waals surface area contributed by atoms with Crippen molar-refractivity contribution in [3.63, 3.8) is 0 Å². The summed E-state index contributed by atoms with van der Waals surface area (Å²) in [5.41, 5.74) is 0.952. The number of hydrogen-bond donors (Lipinski definition) is 2. The fraction of sp³-hybridized carbons (Fsp3) is 0.250. The van der Waals surface area contributed by atoms with Gasteiger partial charge in [0.15, 0.2) is 5.17 Å². The van der Waals surface area contributed by atoms with Crippen molar-refractivity contribution in [1.29, 1.82) is 0 Å². The van der Waals surface area contributed by atoms with Crippen molar-refractivity contribution in [1.82, 2.24) is 0 Å². The van der Waals surface area contributed by atoms with Crippen LogP contribution < -0.4 is 11.1 Å². The van der Waals surface area contributed by atoms with E-state index in [1.807, 2.05) is 0 Å². The zero-order valence-corrected chi connectivity index (χ0v) is 12.5. The number of alkyl halides is 3. The molecule has 1 aliphatic heterocycles. The Labute approximate surface area is 131 Å². The Morgan fingerprint density at radius 1 is 1.41 bits per heavy atom. The molecular formula is C12H10F3N3O2S2. The molecule has 1 atom stereocenters. The molecule has 1 aliphatic rings. The van der Waals surface area contributed by atoms with Gasteiger partial charge in [0.1, 0.15) is 5.25 Å². The van der Waals surface area contributed by atoms with Gasteiger partial charge in [-0.05, 0) is 23.9 Å². The second-order valence-electron chi connectivity index (χ2n) is 4.19. The number of carbonyl (C=O) groups excluding carboxylic acids is 2. The molecule has 5 nitrogen and oxygen atoms in total. The number of amidine groups is 1. The van der Waals surface area contributed by atoms with Gasteiger partial charge in [-0.3, -0.25) is 9.59 Å². The number of nitrogens with zero attached hydrogens (tertiary/aromatic N) is 1. The van der Waals surface area contributed by atoms with Crippen molar-refractivity contribution >= 4 is 46.2 Å². The highest BCUT2D eigenvalue weighted by Gasteiger charge is 2.32. The van der Waals surface area contributed by atoms with Gasteiger partial charge in [0, 0.05) is 11.3 Å². The average Bonchev–Trinajstić information content (AvgIpc) is 2.68. The van der Waals surface area contributed by atoms with E-state index >= 15 is 0 Å². The Morgan fingerprint density at radius 2 is 2.09 bits per heavy atom. The normalized spacial score (nSPS) is 18.2. The molecule has 2 amide bonds. The number of para-hydroxylation sites is 1. The van der Waals surface area contributed by atoms with Crippen molar-refractivity contribution in [2.75, 3.05) is 5.32 Å². The summed E-state index contributed by atoms with van der Waals surface area (Å²) >= 11 is 0.642. The Bertz CT molecular complexity index is 634. The molecule has 118 valence electrons. The van der Waals surface area contributed by atoms with Gasteiger partial charge in [-0.2, -0.15) is 18.2 Å². The molecule has 0 aromatic heterocycles. The van der Waals surface area contributed by atoms with E-state index in [9.17, 15) is 22.8 Å². The monoisotopic (exact) mass is 349 g/mol. The third-order valence-electron chi connectivity index (χ3n) is 2.52. The number of anilines is 1. The van der Waals surface area contributed by atoms with E-state index in [0.29, 0.717) is 0 Å². The Morgan fingerprint density at radius 3 is 2.68 bits per heavy atom. The van der Waals surface area contributed by atoms with Gasteiger partial charge in [-0.1, -0.05) is 23.9 Å². The smallest absolute Gasteiger partial charge is 0.378 e. The van der Waals surface area contributed by atoms with E-state index < -0.39 is 22.6 Å². The van der Waals surface area contributed by atoms with Crippen molar-refractivity contribution in [3.8, 4) is 0 Å². The molecule has 1 aromatic rings. The van der Waals surface area contributed by atoms with Crippen LogP contribution in [-0.2, 0) is 9.59 Å². The summed E-state index contributed by atoms with van der Waals surface area (Å²) < 4.78 is 37.4. The summed E-state index contributed by atoms with van der Waals surface area (Å²) in [6.07, 6.45) is -0.210. The molecule has 3 N–H and O–H groups in total. The first kappa shape index (κ1) is 16.7. The predicted octanol–water partition coefficient (Wildman–Crippen LogP) is 2.58. The maximum absolute atomic E-state index is 12.5. The highest BCUT2D eigenvalue weighted by molar-refractivity contribution is 8.15. The first-order chi connectivity index (χ1) is 10.2. The van der Waals surface area contributed by atoms with Crippen LogP contribution in [0.2, 0.25) is 0 Å². The lowest BCUT2D eigenvalue weighted by atomic mass is 10.2. The summed E-state index contributed by atoms with van der Waals surface area (Å²) in [5.74, 6) is -1.10. The van der Waals surface area contributed by atoms with Crippen LogP contribution in [0.4, 0.5) is 18.9 Å². The third-order valence-corrected chi connectivity index (χ3v) is 4.31. The summed E-state index contributed by atoms with van der Waals surface area (Å²) in [7, 11) is 0. The fourth-order valence-electron chi connectivity index (χ4n) is 1.69. The quantitative estimate of drug-likeness (QED) is 0.816. The fourth-order valence-corrected chi connectivity index (χ4v) is 3.13. The zero-order valence-electron chi connectivity index (χ0n) is 10.9. The number of hydrogen-bond acceptors (Lipinski definition) is 5. The van der Waals surface area contributed by atoms with Crippen LogP contribution in [0, 0.1) is 0 Å². The molecule has 1 aromatic carbocycles. The number of nitrogens with two attached hydrogens (primary N) is 1. The molecule has 1 heterocycles. The molecule has 0 saturated heterocycles. The minimum atomic E-state index is -4.46. The Hall–Kier alpha value is -1.68. The summed E-state index contributed by atoms with van der Waals surface area (Å²) in [6, 6.07) is 5.56. The highest BCUT2D eigenvalue weighted by atomic mass is 32.2. The maximum atomic E-state index is 12.5. The second-order valence-corrected chi connectivity index (χ2v) is 6.52. The van der Waals surface area contributed by atoms with Crippen LogP contribution in [-0.4, -0.2) is 27.7 Å². The van der Waals surface area contributed by atoms with Crippen molar-refractivity contribution in [3.05, 3.63) is 24.3 Å². The number of amides is 2. The van der Waals surface area contributed by atoms with Gasteiger partial charge in [-0.25, -0.2) is 0 Å². The molecule has 0 fully saturated rings. The number of rotatable bonds is 4. The first-order valence-electron chi connectivity index (χ1n) is 5.94. The van der Waals surface area contributed by atoms with E-state index in [0.717, 1.165) is 11.8 Å². The number of benzene rings is 1. The number of nitrogens with one attached hydrogen (secondary N) is 1. The van der Waals surface area contributed by atoms with E-state index in [1.54, 1.807) is 0 Å². The standard InChI is InChI=1S/C12H10F3N3O2S2/c13-12(14,15)22-7-4-2-1-3-6(7)17-9(19)5-8-10(20)18-11(16)21-8/h1-4,8H,5H2,(H,17,19)(H2,16,18,20)/t8-/m0/s1. The number of thioether (sulfide) groups is 2. The summed E-state index contributed by atoms with van der Waals surface area (Å²) in [6.45, 7) is 0.